The summed E-state index contributed by atoms with van der Waals surface area (Å²) >= 11 is 0. The van der Waals surface area contributed by atoms with E-state index in [1.54, 1.807) is 11.0 Å². The van der Waals surface area contributed by atoms with Crippen molar-refractivity contribution in [1.82, 2.24) is 25.4 Å². The summed E-state index contributed by atoms with van der Waals surface area (Å²) in [6.07, 6.45) is 5.15. The number of hydrogen-bond donors (Lipinski definition) is 2. The van der Waals surface area contributed by atoms with Crippen molar-refractivity contribution in [1.29, 1.82) is 0 Å². The van der Waals surface area contributed by atoms with Crippen molar-refractivity contribution in [2.45, 2.75) is 31.8 Å². The average molecular weight is 223 g/mol. The number of hydrogen-bond acceptors (Lipinski definition) is 4. The van der Waals surface area contributed by atoms with Gasteiger partial charge in [-0.15, -0.1) is 0 Å². The summed E-state index contributed by atoms with van der Waals surface area (Å²) in [6.45, 7) is 3.72. The fourth-order valence-corrected chi connectivity index (χ4v) is 1.83. The molecule has 6 nitrogen and oxygen atoms in total. The van der Waals surface area contributed by atoms with E-state index in [0.717, 1.165) is 25.9 Å². The van der Waals surface area contributed by atoms with Crippen molar-refractivity contribution in [3.8, 4) is 0 Å². The van der Waals surface area contributed by atoms with E-state index in [1.165, 1.54) is 6.33 Å². The average Bonchev–Trinajstić information content (AvgIpc) is 2.83. The Labute approximate surface area is 94.4 Å². The molecule has 6 heteroatoms. The Morgan fingerprint density at radius 2 is 2.56 bits per heavy atom. The molecule has 1 fully saturated rings. The van der Waals surface area contributed by atoms with E-state index in [9.17, 15) is 4.79 Å². The van der Waals surface area contributed by atoms with Crippen LogP contribution in [0.5, 0.6) is 0 Å². The lowest BCUT2D eigenvalue weighted by molar-refractivity contribution is -0.125. The highest BCUT2D eigenvalue weighted by atomic mass is 16.2. The second-order valence-corrected chi connectivity index (χ2v) is 4.10. The molecule has 0 bridgehead atoms. The molecule has 88 valence electrons. The molecule has 16 heavy (non-hydrogen) atoms. The third kappa shape index (κ3) is 2.57. The van der Waals surface area contributed by atoms with E-state index >= 15 is 0 Å². The highest BCUT2D eigenvalue weighted by Crippen LogP contribution is 2.06. The molecular formula is C10H17N5O. The minimum absolute atomic E-state index is 0.000741. The predicted molar refractivity (Wildman–Crippen MR) is 58.8 cm³/mol. The topological polar surface area (TPSA) is 71.8 Å². The third-order valence-corrected chi connectivity index (χ3v) is 2.86. The van der Waals surface area contributed by atoms with Gasteiger partial charge < -0.3 is 10.6 Å². The van der Waals surface area contributed by atoms with Gasteiger partial charge in [-0.2, -0.15) is 5.10 Å². The van der Waals surface area contributed by atoms with Crippen LogP contribution >= 0.6 is 0 Å². The molecule has 2 rings (SSSR count). The maximum atomic E-state index is 11.9. The van der Waals surface area contributed by atoms with Gasteiger partial charge in [-0.05, 0) is 26.3 Å². The van der Waals surface area contributed by atoms with Crippen LogP contribution in [0.15, 0.2) is 12.7 Å². The Bertz CT molecular complexity index is 331. The van der Waals surface area contributed by atoms with Gasteiger partial charge in [-0.25, -0.2) is 9.67 Å². The van der Waals surface area contributed by atoms with Gasteiger partial charge in [0.25, 0.3) is 0 Å². The molecular weight excluding hydrogens is 206 g/mol. The summed E-state index contributed by atoms with van der Waals surface area (Å²) in [5.41, 5.74) is 0. The van der Waals surface area contributed by atoms with Gasteiger partial charge in [-0.1, -0.05) is 0 Å². The second kappa shape index (κ2) is 5.07. The maximum absolute atomic E-state index is 11.9. The molecule has 2 atom stereocenters. The van der Waals surface area contributed by atoms with Crippen LogP contribution in [0.1, 0.15) is 25.8 Å². The van der Waals surface area contributed by atoms with E-state index in [0.29, 0.717) is 0 Å². The molecule has 1 aliphatic rings. The van der Waals surface area contributed by atoms with Gasteiger partial charge in [0.05, 0.1) is 0 Å². The minimum Gasteiger partial charge on any atom is -0.350 e. The summed E-state index contributed by atoms with van der Waals surface area (Å²) in [5.74, 6) is -0.000741. The first-order valence-corrected chi connectivity index (χ1v) is 5.62. The highest BCUT2D eigenvalue weighted by molar-refractivity contribution is 5.80. The number of amides is 1. The van der Waals surface area contributed by atoms with E-state index in [2.05, 4.69) is 20.7 Å². The van der Waals surface area contributed by atoms with E-state index in [-0.39, 0.29) is 18.0 Å². The van der Waals surface area contributed by atoms with Crippen LogP contribution in [0.2, 0.25) is 0 Å². The molecule has 1 aromatic rings. The lowest BCUT2D eigenvalue weighted by Gasteiger charge is -2.25. The summed E-state index contributed by atoms with van der Waals surface area (Å²) < 4.78 is 1.56. The lowest BCUT2D eigenvalue weighted by Crippen LogP contribution is -2.47. The molecule has 0 spiro atoms. The Kier molecular flexibility index (Phi) is 3.51. The minimum atomic E-state index is -0.301. The summed E-state index contributed by atoms with van der Waals surface area (Å²) in [6, 6.07) is -0.0587. The SMILES string of the molecule is CC(C(=O)N[C@H]1CCCNC1)n1cncn1. The highest BCUT2D eigenvalue weighted by Gasteiger charge is 2.20. The molecule has 1 amide bonds. The van der Waals surface area contributed by atoms with Crippen molar-refractivity contribution in [2.75, 3.05) is 13.1 Å². The molecule has 1 unspecified atom stereocenters. The third-order valence-electron chi connectivity index (χ3n) is 2.86. The number of carbonyl (C=O) groups is 1. The van der Waals surface area contributed by atoms with Crippen molar-refractivity contribution in [3.05, 3.63) is 12.7 Å². The predicted octanol–water partition coefficient (Wildman–Crippen LogP) is -0.293. The zero-order chi connectivity index (χ0) is 11.4. The Morgan fingerprint density at radius 3 is 3.19 bits per heavy atom. The van der Waals surface area contributed by atoms with Gasteiger partial charge >= 0.3 is 0 Å². The van der Waals surface area contributed by atoms with Crippen LogP contribution in [0.25, 0.3) is 0 Å². The van der Waals surface area contributed by atoms with Gasteiger partial charge in [-0.3, -0.25) is 4.79 Å². The van der Waals surface area contributed by atoms with Gasteiger partial charge in [0.1, 0.15) is 18.7 Å². The van der Waals surface area contributed by atoms with Crippen LogP contribution < -0.4 is 10.6 Å². The van der Waals surface area contributed by atoms with Gasteiger partial charge in [0.2, 0.25) is 5.91 Å². The zero-order valence-electron chi connectivity index (χ0n) is 9.39. The zero-order valence-corrected chi connectivity index (χ0v) is 9.39. The standard InChI is InChI=1S/C10H17N5O/c1-8(15-7-12-6-13-15)10(16)14-9-3-2-4-11-5-9/h6-9,11H,2-5H2,1H3,(H,14,16)/t8?,9-/m0/s1. The maximum Gasteiger partial charge on any atom is 0.244 e. The van der Waals surface area contributed by atoms with Crippen LogP contribution in [-0.4, -0.2) is 39.8 Å². The van der Waals surface area contributed by atoms with Gasteiger partial charge in [0.15, 0.2) is 0 Å². The fraction of sp³-hybridized carbons (Fsp3) is 0.700. The van der Waals surface area contributed by atoms with Crippen molar-refractivity contribution in [2.24, 2.45) is 0 Å². The molecule has 0 saturated carbocycles. The molecule has 2 N–H and O–H groups in total. The van der Waals surface area contributed by atoms with Crippen LogP contribution in [-0.2, 0) is 4.79 Å². The molecule has 1 aliphatic heterocycles. The molecule has 0 aromatic carbocycles. The van der Waals surface area contributed by atoms with Crippen LogP contribution in [0, 0.1) is 0 Å². The Balaban J connectivity index is 1.87. The number of nitrogens with one attached hydrogen (secondary N) is 2. The number of nitrogens with zero attached hydrogens (tertiary/aromatic N) is 3. The fourth-order valence-electron chi connectivity index (χ4n) is 1.83. The first-order valence-electron chi connectivity index (χ1n) is 5.62. The summed E-state index contributed by atoms with van der Waals surface area (Å²) in [5, 5.41) is 10.2. The molecule has 0 radical (unpaired) electrons. The lowest BCUT2D eigenvalue weighted by atomic mass is 10.1. The van der Waals surface area contributed by atoms with Crippen LogP contribution in [0.4, 0.5) is 0 Å². The van der Waals surface area contributed by atoms with E-state index < -0.39 is 0 Å². The van der Waals surface area contributed by atoms with E-state index in [1.807, 2.05) is 6.92 Å². The quantitative estimate of drug-likeness (QED) is 0.738. The number of rotatable bonds is 3. The molecule has 2 heterocycles. The summed E-state index contributed by atoms with van der Waals surface area (Å²) in [4.78, 5) is 15.7. The molecule has 1 saturated heterocycles. The van der Waals surface area contributed by atoms with E-state index in [4.69, 9.17) is 0 Å². The Hall–Kier alpha value is -1.43. The summed E-state index contributed by atoms with van der Waals surface area (Å²) in [7, 11) is 0. The first-order chi connectivity index (χ1) is 7.77. The second-order valence-electron chi connectivity index (χ2n) is 4.10. The van der Waals surface area contributed by atoms with Crippen molar-refractivity contribution in [3.63, 3.8) is 0 Å². The number of piperidine rings is 1. The normalized spacial score (nSPS) is 22.7. The van der Waals surface area contributed by atoms with Crippen molar-refractivity contribution < 1.29 is 4.79 Å². The molecule has 0 aliphatic carbocycles. The monoisotopic (exact) mass is 223 g/mol. The number of carbonyl (C=O) groups excluding carboxylic acids is 1. The smallest absolute Gasteiger partial charge is 0.244 e. The first kappa shape index (κ1) is 11.1. The van der Waals surface area contributed by atoms with Crippen LogP contribution in [0.3, 0.4) is 0 Å². The number of aromatic nitrogens is 3. The molecule has 1 aromatic heterocycles. The Morgan fingerprint density at radius 1 is 1.69 bits per heavy atom. The van der Waals surface area contributed by atoms with Crippen molar-refractivity contribution >= 4 is 5.91 Å². The largest absolute Gasteiger partial charge is 0.350 e. The van der Waals surface area contributed by atoms with Gasteiger partial charge in [0, 0.05) is 12.6 Å².